The maximum Gasteiger partial charge on any atom is 0.328 e. The second-order valence-corrected chi connectivity index (χ2v) is 7.98. The molecule has 0 saturated carbocycles. The van der Waals surface area contributed by atoms with E-state index in [0.717, 1.165) is 11.3 Å². The van der Waals surface area contributed by atoms with Crippen molar-refractivity contribution in [2.75, 3.05) is 11.9 Å². The van der Waals surface area contributed by atoms with Crippen LogP contribution in [0.15, 0.2) is 54.6 Å². The van der Waals surface area contributed by atoms with E-state index in [0.29, 0.717) is 17.7 Å². The van der Waals surface area contributed by atoms with E-state index in [-0.39, 0.29) is 17.2 Å². The van der Waals surface area contributed by atoms with Gasteiger partial charge in [-0.25, -0.2) is 9.18 Å². The van der Waals surface area contributed by atoms with E-state index >= 15 is 0 Å². The van der Waals surface area contributed by atoms with Crippen LogP contribution in [0.2, 0.25) is 0 Å². The number of carbonyl (C=O) groups excluding carboxylic acids is 3. The lowest BCUT2D eigenvalue weighted by atomic mass is 10.2. The van der Waals surface area contributed by atoms with E-state index in [1.54, 1.807) is 54.0 Å². The molecule has 2 aromatic carbocycles. The van der Waals surface area contributed by atoms with Crippen molar-refractivity contribution in [2.45, 2.75) is 33.4 Å². The molecule has 0 bridgehead atoms. The number of halogens is 1. The fourth-order valence-electron chi connectivity index (χ4n) is 3.46. The minimum absolute atomic E-state index is 0.262. The number of esters is 1. The van der Waals surface area contributed by atoms with Gasteiger partial charge >= 0.3 is 5.97 Å². The zero-order valence-electron chi connectivity index (χ0n) is 19.6. The van der Waals surface area contributed by atoms with Gasteiger partial charge in [0, 0.05) is 17.8 Å². The number of aromatic nitrogens is 1. The quantitative estimate of drug-likeness (QED) is 0.484. The van der Waals surface area contributed by atoms with Crippen molar-refractivity contribution in [3.05, 3.63) is 88.4 Å². The molecule has 35 heavy (non-hydrogen) atoms. The first-order chi connectivity index (χ1) is 16.7. The Morgan fingerprint density at radius 2 is 1.74 bits per heavy atom. The first-order valence-corrected chi connectivity index (χ1v) is 10.9. The van der Waals surface area contributed by atoms with Crippen LogP contribution in [0.1, 0.15) is 39.7 Å². The van der Waals surface area contributed by atoms with Crippen molar-refractivity contribution < 1.29 is 23.5 Å². The number of rotatable bonds is 8. The number of nitriles is 1. The van der Waals surface area contributed by atoms with Crippen molar-refractivity contribution in [1.29, 1.82) is 5.26 Å². The van der Waals surface area contributed by atoms with E-state index in [9.17, 15) is 24.0 Å². The zero-order valence-corrected chi connectivity index (χ0v) is 19.6. The standard InChI is InChI=1S/C26H25FN4O4/c1-16-18(3)31(14-19-9-11-21(27)12-10-19)24(22(16)13-28)30-23(32)15-35-26(34)17(2)29-25(33)20-7-5-4-6-8-20/h4-12,17H,14-15H2,1-3H3,(H,29,33)(H,30,32)/t17-/m0/s1. The maximum absolute atomic E-state index is 13.3. The Kier molecular flexibility index (Phi) is 8.00. The zero-order chi connectivity index (χ0) is 25.5. The number of ether oxygens (including phenoxy) is 1. The Hall–Kier alpha value is -4.45. The van der Waals surface area contributed by atoms with Gasteiger partial charge in [-0.1, -0.05) is 30.3 Å². The molecule has 8 nitrogen and oxygen atoms in total. The Morgan fingerprint density at radius 1 is 1.09 bits per heavy atom. The van der Waals surface area contributed by atoms with Crippen LogP contribution in [-0.2, 0) is 20.9 Å². The van der Waals surface area contributed by atoms with Gasteiger partial charge < -0.3 is 19.9 Å². The minimum atomic E-state index is -0.975. The summed E-state index contributed by atoms with van der Waals surface area (Å²) in [5, 5.41) is 14.8. The van der Waals surface area contributed by atoms with Gasteiger partial charge in [-0.15, -0.1) is 0 Å². The van der Waals surface area contributed by atoms with Crippen LogP contribution >= 0.6 is 0 Å². The molecule has 0 aliphatic rings. The molecule has 0 aliphatic carbocycles. The normalized spacial score (nSPS) is 11.3. The highest BCUT2D eigenvalue weighted by molar-refractivity contribution is 5.97. The Bertz CT molecular complexity index is 1280. The Balaban J connectivity index is 1.65. The molecular formula is C26H25FN4O4. The van der Waals surface area contributed by atoms with Crippen LogP contribution in [-0.4, -0.2) is 35.0 Å². The summed E-state index contributed by atoms with van der Waals surface area (Å²) in [6.45, 7) is 4.73. The molecule has 0 fully saturated rings. The molecule has 180 valence electrons. The van der Waals surface area contributed by atoms with Crippen molar-refractivity contribution in [1.82, 2.24) is 9.88 Å². The predicted molar refractivity (Wildman–Crippen MR) is 127 cm³/mol. The molecule has 0 aliphatic heterocycles. The maximum atomic E-state index is 13.3. The second kappa shape index (κ2) is 11.1. The van der Waals surface area contributed by atoms with E-state index in [1.807, 2.05) is 6.92 Å². The van der Waals surface area contributed by atoms with Crippen LogP contribution in [0, 0.1) is 31.0 Å². The van der Waals surface area contributed by atoms with Crippen LogP contribution < -0.4 is 10.6 Å². The number of nitrogens with zero attached hydrogens (tertiary/aromatic N) is 2. The van der Waals surface area contributed by atoms with Gasteiger partial charge in [-0.2, -0.15) is 5.26 Å². The molecule has 1 atom stereocenters. The molecule has 0 saturated heterocycles. The monoisotopic (exact) mass is 476 g/mol. The first-order valence-electron chi connectivity index (χ1n) is 10.9. The number of amides is 2. The molecule has 2 amide bonds. The van der Waals surface area contributed by atoms with Gasteiger partial charge in [0.2, 0.25) is 0 Å². The fraction of sp³-hybridized carbons (Fsp3) is 0.231. The molecular weight excluding hydrogens is 451 g/mol. The van der Waals surface area contributed by atoms with Crippen LogP contribution in [0.5, 0.6) is 0 Å². The third-order valence-electron chi connectivity index (χ3n) is 5.54. The minimum Gasteiger partial charge on any atom is -0.454 e. The number of hydrogen-bond donors (Lipinski definition) is 2. The van der Waals surface area contributed by atoms with Crippen LogP contribution in [0.3, 0.4) is 0 Å². The van der Waals surface area contributed by atoms with Gasteiger partial charge in [-0.05, 0) is 56.2 Å². The van der Waals surface area contributed by atoms with Gasteiger partial charge in [0.25, 0.3) is 11.8 Å². The van der Waals surface area contributed by atoms with Crippen LogP contribution in [0.4, 0.5) is 10.2 Å². The fourth-order valence-corrected chi connectivity index (χ4v) is 3.46. The van der Waals surface area contributed by atoms with Gasteiger partial charge in [0.1, 0.15) is 23.7 Å². The first kappa shape index (κ1) is 25.2. The summed E-state index contributed by atoms with van der Waals surface area (Å²) in [5.41, 5.74) is 2.91. The number of anilines is 1. The molecule has 3 rings (SSSR count). The molecule has 0 radical (unpaired) electrons. The number of nitrogens with one attached hydrogen (secondary N) is 2. The van der Waals surface area contributed by atoms with Crippen molar-refractivity contribution in [2.24, 2.45) is 0 Å². The molecule has 2 N–H and O–H groups in total. The van der Waals surface area contributed by atoms with Gasteiger partial charge in [0.05, 0.1) is 5.56 Å². The van der Waals surface area contributed by atoms with Gasteiger partial charge in [-0.3, -0.25) is 9.59 Å². The predicted octanol–water partition coefficient (Wildman–Crippen LogP) is 3.46. The number of hydrogen-bond acceptors (Lipinski definition) is 5. The summed E-state index contributed by atoms with van der Waals surface area (Å²) in [6, 6.07) is 15.4. The highest BCUT2D eigenvalue weighted by Crippen LogP contribution is 2.27. The second-order valence-electron chi connectivity index (χ2n) is 7.98. The summed E-state index contributed by atoms with van der Waals surface area (Å²) in [4.78, 5) is 37.0. The summed E-state index contributed by atoms with van der Waals surface area (Å²) in [6.07, 6.45) is 0. The van der Waals surface area contributed by atoms with Crippen LogP contribution in [0.25, 0.3) is 0 Å². The molecule has 0 unspecified atom stereocenters. The smallest absolute Gasteiger partial charge is 0.328 e. The average molecular weight is 477 g/mol. The Morgan fingerprint density at radius 3 is 2.37 bits per heavy atom. The third kappa shape index (κ3) is 6.12. The summed E-state index contributed by atoms with van der Waals surface area (Å²) >= 11 is 0. The SMILES string of the molecule is Cc1c(C#N)c(NC(=O)COC(=O)[C@H](C)NC(=O)c2ccccc2)n(Cc2ccc(F)cc2)c1C. The molecule has 1 heterocycles. The highest BCUT2D eigenvalue weighted by Gasteiger charge is 2.22. The number of carbonyl (C=O) groups is 3. The van der Waals surface area contributed by atoms with Gasteiger partial charge in [0.15, 0.2) is 6.61 Å². The highest BCUT2D eigenvalue weighted by atomic mass is 19.1. The average Bonchev–Trinajstić information content (AvgIpc) is 3.07. The molecule has 9 heteroatoms. The lowest BCUT2D eigenvalue weighted by Gasteiger charge is -2.15. The lowest BCUT2D eigenvalue weighted by Crippen LogP contribution is -2.40. The number of benzene rings is 2. The summed E-state index contributed by atoms with van der Waals surface area (Å²) in [7, 11) is 0. The Labute approximate surface area is 202 Å². The van der Waals surface area contributed by atoms with Crippen molar-refractivity contribution >= 4 is 23.6 Å². The van der Waals surface area contributed by atoms with E-state index < -0.39 is 30.4 Å². The van der Waals surface area contributed by atoms with Crippen molar-refractivity contribution in [3.63, 3.8) is 0 Å². The van der Waals surface area contributed by atoms with E-state index in [2.05, 4.69) is 16.7 Å². The molecule has 0 spiro atoms. The summed E-state index contributed by atoms with van der Waals surface area (Å²) in [5.74, 6) is -1.97. The summed E-state index contributed by atoms with van der Waals surface area (Å²) < 4.78 is 20.1. The van der Waals surface area contributed by atoms with Crippen molar-refractivity contribution in [3.8, 4) is 6.07 Å². The largest absolute Gasteiger partial charge is 0.454 e. The molecule has 3 aromatic rings. The lowest BCUT2D eigenvalue weighted by molar-refractivity contribution is -0.148. The van der Waals surface area contributed by atoms with E-state index in [1.165, 1.54) is 19.1 Å². The topological polar surface area (TPSA) is 113 Å². The van der Waals surface area contributed by atoms with E-state index in [4.69, 9.17) is 4.74 Å². The third-order valence-corrected chi connectivity index (χ3v) is 5.54. The molecule has 1 aromatic heterocycles.